The predicted molar refractivity (Wildman–Crippen MR) is 93.1 cm³/mol. The molecule has 0 bridgehead atoms. The maximum Gasteiger partial charge on any atom is 0.176 e. The van der Waals surface area contributed by atoms with Crippen LogP contribution < -0.4 is 20.1 Å². The molecule has 22 heavy (non-hydrogen) atoms. The van der Waals surface area contributed by atoms with Gasteiger partial charge in [-0.25, -0.2) is 4.98 Å². The third-order valence-corrected chi connectivity index (χ3v) is 3.20. The second-order valence-electron chi connectivity index (χ2n) is 4.82. The highest BCUT2D eigenvalue weighted by molar-refractivity contribution is 7.80. The van der Waals surface area contributed by atoms with Crippen LogP contribution in [0.15, 0.2) is 30.3 Å². The van der Waals surface area contributed by atoms with Gasteiger partial charge in [0.2, 0.25) is 0 Å². The molecule has 0 aliphatic rings. The van der Waals surface area contributed by atoms with Crippen molar-refractivity contribution in [3.05, 3.63) is 41.6 Å². The van der Waals surface area contributed by atoms with Crippen LogP contribution in [0.3, 0.4) is 0 Å². The molecule has 0 radical (unpaired) electrons. The Hall–Kier alpha value is -2.34. The van der Waals surface area contributed by atoms with Gasteiger partial charge in [-0.05, 0) is 55.9 Å². The van der Waals surface area contributed by atoms with Gasteiger partial charge in [-0.1, -0.05) is 0 Å². The largest absolute Gasteiger partial charge is 0.497 e. The Morgan fingerprint density at radius 2 is 1.82 bits per heavy atom. The molecule has 6 heteroatoms. The zero-order valence-corrected chi connectivity index (χ0v) is 13.9. The van der Waals surface area contributed by atoms with Crippen LogP contribution in [0.5, 0.6) is 11.5 Å². The maximum atomic E-state index is 5.33. The molecule has 0 saturated heterocycles. The first-order chi connectivity index (χ1) is 10.5. The number of benzene rings is 1. The Morgan fingerprint density at radius 1 is 1.05 bits per heavy atom. The fraction of sp³-hybridized carbons (Fsp3) is 0.250. The molecule has 0 spiro atoms. The monoisotopic (exact) mass is 317 g/mol. The molecular weight excluding hydrogens is 298 g/mol. The maximum absolute atomic E-state index is 5.33. The van der Waals surface area contributed by atoms with Gasteiger partial charge in [-0.15, -0.1) is 0 Å². The zero-order valence-electron chi connectivity index (χ0n) is 13.1. The third kappa shape index (κ3) is 4.08. The van der Waals surface area contributed by atoms with Gasteiger partial charge >= 0.3 is 0 Å². The number of anilines is 2. The van der Waals surface area contributed by atoms with E-state index in [0.29, 0.717) is 16.7 Å². The molecule has 2 rings (SSSR count). The highest BCUT2D eigenvalue weighted by Crippen LogP contribution is 2.29. The number of pyridine rings is 1. The molecule has 0 amide bonds. The van der Waals surface area contributed by atoms with Gasteiger partial charge in [0.15, 0.2) is 5.11 Å². The van der Waals surface area contributed by atoms with Crippen molar-refractivity contribution in [2.75, 3.05) is 24.9 Å². The molecule has 0 saturated carbocycles. The number of nitrogens with zero attached hydrogens (tertiary/aromatic N) is 1. The fourth-order valence-corrected chi connectivity index (χ4v) is 2.30. The summed E-state index contributed by atoms with van der Waals surface area (Å²) < 4.78 is 10.5. The quantitative estimate of drug-likeness (QED) is 0.842. The van der Waals surface area contributed by atoms with Gasteiger partial charge in [0.1, 0.15) is 17.3 Å². The Labute approximate surface area is 135 Å². The second kappa shape index (κ2) is 7.09. The molecule has 0 atom stereocenters. The summed E-state index contributed by atoms with van der Waals surface area (Å²) in [6.07, 6.45) is 0. The van der Waals surface area contributed by atoms with Crippen LogP contribution >= 0.6 is 12.2 Å². The summed E-state index contributed by atoms with van der Waals surface area (Å²) in [6, 6.07) is 9.41. The molecule has 2 aromatic rings. The lowest BCUT2D eigenvalue weighted by atomic mass is 10.2. The van der Waals surface area contributed by atoms with Gasteiger partial charge in [-0.3, -0.25) is 0 Å². The van der Waals surface area contributed by atoms with Gasteiger partial charge in [0, 0.05) is 11.8 Å². The lowest BCUT2D eigenvalue weighted by Crippen LogP contribution is -2.20. The first-order valence-electron chi connectivity index (χ1n) is 6.77. The normalized spacial score (nSPS) is 10.0. The highest BCUT2D eigenvalue weighted by atomic mass is 32.1. The number of aryl methyl sites for hydroxylation is 2. The molecule has 116 valence electrons. The first kappa shape index (κ1) is 16.0. The smallest absolute Gasteiger partial charge is 0.176 e. The van der Waals surface area contributed by atoms with Crippen molar-refractivity contribution in [2.45, 2.75) is 13.8 Å². The molecule has 1 aromatic carbocycles. The molecule has 1 aromatic heterocycles. The number of methoxy groups -OCH3 is 2. The summed E-state index contributed by atoms with van der Waals surface area (Å²) in [5, 5.41) is 6.61. The summed E-state index contributed by atoms with van der Waals surface area (Å²) >= 11 is 5.33. The Kier molecular flexibility index (Phi) is 5.16. The molecule has 0 fully saturated rings. The van der Waals surface area contributed by atoms with Crippen molar-refractivity contribution in [1.82, 2.24) is 4.98 Å². The number of thiocarbonyl (C=S) groups is 1. The van der Waals surface area contributed by atoms with Gasteiger partial charge in [0.05, 0.1) is 19.9 Å². The Bertz CT molecular complexity index is 669. The topological polar surface area (TPSA) is 55.4 Å². The average molecular weight is 317 g/mol. The highest BCUT2D eigenvalue weighted by Gasteiger charge is 2.08. The summed E-state index contributed by atoms with van der Waals surface area (Å²) in [4.78, 5) is 4.40. The van der Waals surface area contributed by atoms with Crippen molar-refractivity contribution >= 4 is 28.8 Å². The van der Waals surface area contributed by atoms with Crippen molar-refractivity contribution in [1.29, 1.82) is 0 Å². The molecule has 5 nitrogen and oxygen atoms in total. The lowest BCUT2D eigenvalue weighted by molar-refractivity contribution is 0.405. The van der Waals surface area contributed by atoms with E-state index in [1.54, 1.807) is 14.2 Å². The lowest BCUT2D eigenvalue weighted by Gasteiger charge is -2.14. The van der Waals surface area contributed by atoms with E-state index in [9.17, 15) is 0 Å². The van der Waals surface area contributed by atoms with E-state index in [-0.39, 0.29) is 0 Å². The third-order valence-electron chi connectivity index (χ3n) is 2.99. The fourth-order valence-electron chi connectivity index (χ4n) is 2.09. The predicted octanol–water partition coefficient (Wildman–Crippen LogP) is 3.52. The van der Waals surface area contributed by atoms with Crippen LogP contribution in [-0.4, -0.2) is 24.3 Å². The number of nitrogens with one attached hydrogen (secondary N) is 2. The van der Waals surface area contributed by atoms with Crippen LogP contribution in [0.2, 0.25) is 0 Å². The van der Waals surface area contributed by atoms with E-state index >= 15 is 0 Å². The standard InChI is InChI=1S/C16H19N3O2S/c1-10-7-11(2)17-15(8-10)19-16(22)18-13-9-12(20-3)5-6-14(13)21-4/h5-9H,1-4H3,(H2,17,18,19,22). The average Bonchev–Trinajstić information content (AvgIpc) is 2.45. The van der Waals surface area contributed by atoms with Crippen molar-refractivity contribution in [3.8, 4) is 11.5 Å². The molecular formula is C16H19N3O2S. The summed E-state index contributed by atoms with van der Waals surface area (Å²) in [5.41, 5.74) is 2.78. The van der Waals surface area contributed by atoms with E-state index in [4.69, 9.17) is 21.7 Å². The zero-order chi connectivity index (χ0) is 16.1. The van der Waals surface area contributed by atoms with Crippen LogP contribution in [-0.2, 0) is 0 Å². The molecule has 0 aliphatic heterocycles. The minimum Gasteiger partial charge on any atom is -0.497 e. The Balaban J connectivity index is 2.14. The number of aromatic nitrogens is 1. The first-order valence-corrected chi connectivity index (χ1v) is 7.18. The van der Waals surface area contributed by atoms with E-state index in [1.165, 1.54) is 0 Å². The van der Waals surface area contributed by atoms with E-state index in [0.717, 1.165) is 22.7 Å². The van der Waals surface area contributed by atoms with Gasteiger partial charge in [0.25, 0.3) is 0 Å². The summed E-state index contributed by atoms with van der Waals surface area (Å²) in [7, 11) is 3.22. The minimum absolute atomic E-state index is 0.434. The van der Waals surface area contributed by atoms with Gasteiger partial charge < -0.3 is 20.1 Å². The number of ether oxygens (including phenoxy) is 2. The van der Waals surface area contributed by atoms with E-state index < -0.39 is 0 Å². The van der Waals surface area contributed by atoms with Crippen LogP contribution in [0.4, 0.5) is 11.5 Å². The number of hydrogen-bond acceptors (Lipinski definition) is 4. The molecule has 0 unspecified atom stereocenters. The van der Waals surface area contributed by atoms with Gasteiger partial charge in [-0.2, -0.15) is 0 Å². The van der Waals surface area contributed by atoms with Crippen molar-refractivity contribution in [2.24, 2.45) is 0 Å². The van der Waals surface area contributed by atoms with E-state index in [1.807, 2.05) is 44.2 Å². The molecule has 1 heterocycles. The van der Waals surface area contributed by atoms with E-state index in [2.05, 4.69) is 15.6 Å². The second-order valence-corrected chi connectivity index (χ2v) is 5.22. The summed E-state index contributed by atoms with van der Waals surface area (Å²) in [6.45, 7) is 3.96. The number of rotatable bonds is 4. The minimum atomic E-state index is 0.434. The Morgan fingerprint density at radius 3 is 2.45 bits per heavy atom. The van der Waals surface area contributed by atoms with Crippen LogP contribution in [0, 0.1) is 13.8 Å². The SMILES string of the molecule is COc1ccc(OC)c(NC(=S)Nc2cc(C)cc(C)n2)c1. The van der Waals surface area contributed by atoms with Crippen molar-refractivity contribution < 1.29 is 9.47 Å². The van der Waals surface area contributed by atoms with Crippen molar-refractivity contribution in [3.63, 3.8) is 0 Å². The number of hydrogen-bond donors (Lipinski definition) is 2. The van der Waals surface area contributed by atoms with Crippen LogP contribution in [0.25, 0.3) is 0 Å². The molecule has 2 N–H and O–H groups in total. The summed E-state index contributed by atoms with van der Waals surface area (Å²) in [5.74, 6) is 2.10. The van der Waals surface area contributed by atoms with Crippen LogP contribution in [0.1, 0.15) is 11.3 Å². The molecule has 0 aliphatic carbocycles.